The first-order chi connectivity index (χ1) is 15.5. The minimum absolute atomic E-state index is 0.178. The molecule has 0 aliphatic heterocycles. The number of sulfone groups is 1. The first kappa shape index (κ1) is 23.6. The van der Waals surface area contributed by atoms with Gasteiger partial charge in [-0.15, -0.1) is 0 Å². The highest BCUT2D eigenvalue weighted by molar-refractivity contribution is 7.91. The summed E-state index contributed by atoms with van der Waals surface area (Å²) in [7, 11) is -3.25. The van der Waals surface area contributed by atoms with Gasteiger partial charge in [-0.05, 0) is 111 Å². The van der Waals surface area contributed by atoms with E-state index in [-0.39, 0.29) is 22.5 Å². The molecule has 182 valence electrons. The van der Waals surface area contributed by atoms with Crippen LogP contribution in [0.5, 0.6) is 0 Å². The van der Waals surface area contributed by atoms with E-state index in [4.69, 9.17) is 0 Å². The molecule has 0 amide bonds. The summed E-state index contributed by atoms with van der Waals surface area (Å²) in [6.07, 6.45) is 11.4. The molecule has 0 unspecified atom stereocenters. The van der Waals surface area contributed by atoms with Crippen LogP contribution in [0.1, 0.15) is 79.1 Å². The number of allylic oxidation sites excluding steroid dienone is 1. The van der Waals surface area contributed by atoms with Gasteiger partial charge >= 0.3 is 0 Å². The summed E-state index contributed by atoms with van der Waals surface area (Å²) >= 11 is 0. The summed E-state index contributed by atoms with van der Waals surface area (Å²) in [5.74, 6) is 3.04. The quantitative estimate of drug-likeness (QED) is 0.516. The molecular weight excluding hydrogens is 428 g/mol. The van der Waals surface area contributed by atoms with Gasteiger partial charge in [0.2, 0.25) is 0 Å². The lowest BCUT2D eigenvalue weighted by atomic mass is 9.46. The van der Waals surface area contributed by atoms with Crippen LogP contribution in [0, 0.1) is 40.4 Å². The van der Waals surface area contributed by atoms with Crippen LogP contribution in [-0.4, -0.2) is 24.9 Å². The van der Waals surface area contributed by atoms with Gasteiger partial charge in [-0.2, -0.15) is 0 Å². The smallest absolute Gasteiger partial charge is 0.178 e. The highest BCUT2D eigenvalue weighted by Gasteiger charge is 2.59. The maximum Gasteiger partial charge on any atom is 0.178 e. The van der Waals surface area contributed by atoms with Gasteiger partial charge in [-0.3, -0.25) is 0 Å². The van der Waals surface area contributed by atoms with E-state index in [9.17, 15) is 13.5 Å². The molecule has 4 aliphatic rings. The fourth-order valence-electron chi connectivity index (χ4n) is 8.97. The van der Waals surface area contributed by atoms with Crippen molar-refractivity contribution in [1.82, 2.24) is 0 Å². The second-order valence-electron chi connectivity index (χ2n) is 12.7. The molecule has 4 aliphatic carbocycles. The molecule has 1 N–H and O–H groups in total. The van der Waals surface area contributed by atoms with Crippen molar-refractivity contribution in [2.24, 2.45) is 40.4 Å². The van der Waals surface area contributed by atoms with Crippen LogP contribution in [0.4, 0.5) is 0 Å². The van der Waals surface area contributed by atoms with E-state index in [1.807, 2.05) is 25.1 Å². The van der Waals surface area contributed by atoms with Gasteiger partial charge in [0.1, 0.15) is 0 Å². The zero-order valence-corrected chi connectivity index (χ0v) is 21.7. The van der Waals surface area contributed by atoms with Crippen LogP contribution in [0.3, 0.4) is 0 Å². The molecule has 3 nitrogen and oxygen atoms in total. The highest BCUT2D eigenvalue weighted by atomic mass is 32.2. The van der Waals surface area contributed by atoms with Gasteiger partial charge in [0.25, 0.3) is 0 Å². The van der Waals surface area contributed by atoms with Crippen LogP contribution < -0.4 is 0 Å². The molecule has 0 radical (unpaired) electrons. The Kier molecular flexibility index (Phi) is 5.68. The fourth-order valence-corrected chi connectivity index (χ4v) is 10.7. The Morgan fingerprint density at radius 2 is 1.73 bits per heavy atom. The van der Waals surface area contributed by atoms with Crippen LogP contribution in [0.15, 0.2) is 46.9 Å². The Labute approximate surface area is 201 Å². The lowest BCUT2D eigenvalue weighted by molar-refractivity contribution is -0.0692. The van der Waals surface area contributed by atoms with Gasteiger partial charge in [-0.1, -0.05) is 50.6 Å². The number of fused-ring (bicyclic) bond motifs is 5. The highest BCUT2D eigenvalue weighted by Crippen LogP contribution is 2.67. The van der Waals surface area contributed by atoms with E-state index in [0.717, 1.165) is 32.1 Å². The average molecular weight is 471 g/mol. The number of benzene rings is 1. The van der Waals surface area contributed by atoms with Crippen molar-refractivity contribution >= 4 is 9.84 Å². The summed E-state index contributed by atoms with van der Waals surface area (Å²) in [5, 5.41) is 10.7. The lowest BCUT2D eigenvalue weighted by Crippen LogP contribution is -2.52. The average Bonchev–Trinajstić information content (AvgIpc) is 3.12. The van der Waals surface area contributed by atoms with Gasteiger partial charge < -0.3 is 5.11 Å². The van der Waals surface area contributed by atoms with Crippen molar-refractivity contribution in [3.63, 3.8) is 0 Å². The zero-order chi connectivity index (χ0) is 23.6. The minimum Gasteiger partial charge on any atom is -0.390 e. The number of hydrogen-bond acceptors (Lipinski definition) is 3. The Hall–Kier alpha value is -1.13. The molecule has 4 heteroatoms. The Morgan fingerprint density at radius 3 is 2.45 bits per heavy atom. The van der Waals surface area contributed by atoms with Crippen molar-refractivity contribution in [2.75, 3.05) is 5.75 Å². The predicted octanol–water partition coefficient (Wildman–Crippen LogP) is 6.43. The van der Waals surface area contributed by atoms with E-state index < -0.39 is 15.4 Å². The molecule has 0 heterocycles. The summed E-state index contributed by atoms with van der Waals surface area (Å²) in [5.41, 5.74) is 1.46. The van der Waals surface area contributed by atoms with Gasteiger partial charge in [0, 0.05) is 0 Å². The monoisotopic (exact) mass is 470 g/mol. The van der Waals surface area contributed by atoms with E-state index in [1.165, 1.54) is 24.8 Å². The molecular formula is C29H42O3S. The van der Waals surface area contributed by atoms with E-state index in [2.05, 4.69) is 26.8 Å². The summed E-state index contributed by atoms with van der Waals surface area (Å²) in [6, 6.07) is 8.99. The van der Waals surface area contributed by atoms with Crippen molar-refractivity contribution in [3.8, 4) is 0 Å². The Bertz CT molecular complexity index is 1030. The van der Waals surface area contributed by atoms with Crippen molar-refractivity contribution < 1.29 is 13.5 Å². The first-order valence-corrected chi connectivity index (χ1v) is 14.8. The third-order valence-electron chi connectivity index (χ3n) is 10.7. The molecule has 3 fully saturated rings. The third-order valence-corrected chi connectivity index (χ3v) is 12.7. The van der Waals surface area contributed by atoms with Crippen molar-refractivity contribution in [2.45, 2.75) is 89.6 Å². The van der Waals surface area contributed by atoms with E-state index in [1.54, 1.807) is 12.1 Å². The molecule has 0 saturated heterocycles. The van der Waals surface area contributed by atoms with Gasteiger partial charge in [-0.25, -0.2) is 8.42 Å². The number of hydrogen-bond donors (Lipinski definition) is 1. The Balaban J connectivity index is 1.36. The second-order valence-corrected chi connectivity index (χ2v) is 14.8. The molecule has 5 rings (SSSR count). The standard InChI is InChI=1S/C29H42O3S/c1-20(19-33(31,32)22-8-6-5-7-9-22)24-12-13-25-23-11-10-21-18-27(2,30)16-17-28(21,3)26(23)14-15-29(24,25)4/h5-10,20,23-26,30H,11-19H2,1-4H3/t20-,23-,24+,25-,26-,27-,28-,29+/m0/s1. The molecule has 1 aromatic carbocycles. The SMILES string of the molecule is C[C@@H](CS(=O)(=O)c1ccccc1)[C@H]1CC[C@H]2[C@@H]3CC=C4C[C@@](C)(O)CC[C@]4(C)[C@H]3CC[C@]12C. The molecule has 0 aromatic heterocycles. The molecule has 0 bridgehead atoms. The summed E-state index contributed by atoms with van der Waals surface area (Å²) < 4.78 is 26.2. The largest absolute Gasteiger partial charge is 0.390 e. The normalized spacial score (nSPS) is 43.7. The molecule has 0 spiro atoms. The van der Waals surface area contributed by atoms with Crippen LogP contribution >= 0.6 is 0 Å². The molecule has 3 saturated carbocycles. The summed E-state index contributed by atoms with van der Waals surface area (Å²) in [6.45, 7) is 9.16. The third kappa shape index (κ3) is 3.84. The summed E-state index contributed by atoms with van der Waals surface area (Å²) in [4.78, 5) is 0.464. The predicted molar refractivity (Wildman–Crippen MR) is 133 cm³/mol. The van der Waals surface area contributed by atoms with Gasteiger partial charge in [0.15, 0.2) is 9.84 Å². The van der Waals surface area contributed by atoms with E-state index in [0.29, 0.717) is 28.6 Å². The molecule has 8 atom stereocenters. The van der Waals surface area contributed by atoms with Crippen molar-refractivity contribution in [1.29, 1.82) is 0 Å². The first-order valence-electron chi connectivity index (χ1n) is 13.2. The van der Waals surface area contributed by atoms with Gasteiger partial charge in [0.05, 0.1) is 16.2 Å². The number of aliphatic hydroxyl groups is 1. The maximum atomic E-state index is 13.1. The lowest BCUT2D eigenvalue weighted by Gasteiger charge is -2.59. The minimum atomic E-state index is -3.25. The van der Waals surface area contributed by atoms with E-state index >= 15 is 0 Å². The van der Waals surface area contributed by atoms with Crippen molar-refractivity contribution in [3.05, 3.63) is 42.0 Å². The Morgan fingerprint density at radius 1 is 1.00 bits per heavy atom. The molecule has 33 heavy (non-hydrogen) atoms. The number of rotatable bonds is 4. The maximum absolute atomic E-state index is 13.1. The van der Waals surface area contributed by atoms with Crippen LogP contribution in [0.2, 0.25) is 0 Å². The zero-order valence-electron chi connectivity index (χ0n) is 20.9. The molecule has 1 aromatic rings. The second kappa shape index (κ2) is 7.95. The van der Waals surface area contributed by atoms with Crippen LogP contribution in [-0.2, 0) is 9.84 Å². The fraction of sp³-hybridized carbons (Fsp3) is 0.724. The topological polar surface area (TPSA) is 54.4 Å². The van der Waals surface area contributed by atoms with Crippen LogP contribution in [0.25, 0.3) is 0 Å².